The summed E-state index contributed by atoms with van der Waals surface area (Å²) in [5.74, 6) is -3.95. The Morgan fingerprint density at radius 1 is 0.925 bits per heavy atom. The number of aliphatic hydroxyl groups is 1. The van der Waals surface area contributed by atoms with Crippen molar-refractivity contribution < 1.29 is 76.4 Å². The largest absolute Gasteiger partial charge is 0.458 e. The molecule has 1 amide bonds. The maximum atomic E-state index is 15.0. The lowest BCUT2D eigenvalue weighted by Gasteiger charge is -2.50. The Morgan fingerprint density at radius 3 is 2.23 bits per heavy atom. The van der Waals surface area contributed by atoms with E-state index in [1.54, 1.807) is 54.3 Å². The number of alkyl carbamates (subject to hydrolysis) is 1. The summed E-state index contributed by atoms with van der Waals surface area (Å²) in [4.78, 5) is 44.6. The minimum atomic E-state index is -1.39. The molecule has 80 heavy (non-hydrogen) atoms. The van der Waals surface area contributed by atoms with Crippen LogP contribution in [0, 0.1) is 36.5 Å². The second kappa shape index (κ2) is 25.8. The lowest BCUT2D eigenvalue weighted by atomic mass is 9.73. The molecule has 0 bridgehead atoms. The maximum Gasteiger partial charge on any atom is 0.408 e. The van der Waals surface area contributed by atoms with E-state index < -0.39 is 127 Å². The van der Waals surface area contributed by atoms with Crippen LogP contribution in [-0.2, 0) is 58.6 Å². The van der Waals surface area contributed by atoms with Gasteiger partial charge in [-0.2, -0.15) is 0 Å². The monoisotopic (exact) mass is 1130 g/mol. The summed E-state index contributed by atoms with van der Waals surface area (Å²) in [5, 5.41) is 34.3. The maximum absolute atomic E-state index is 15.0. The molecule has 21 heteroatoms. The van der Waals surface area contributed by atoms with Crippen LogP contribution in [-0.4, -0.2) is 168 Å². The number of ether oxygens (including phenoxy) is 9. The number of aryl methyl sites for hydroxylation is 1. The lowest BCUT2D eigenvalue weighted by molar-refractivity contribution is -0.908. The minimum Gasteiger partial charge on any atom is -0.458 e. The van der Waals surface area contributed by atoms with Crippen molar-refractivity contribution in [3.63, 3.8) is 0 Å². The number of carbonyl (C=O) groups is 3. The second-order valence-corrected chi connectivity index (χ2v) is 23.9. The van der Waals surface area contributed by atoms with Crippen molar-refractivity contribution in [2.45, 2.75) is 205 Å². The first-order chi connectivity index (χ1) is 37.8. The van der Waals surface area contributed by atoms with E-state index in [9.17, 15) is 24.7 Å². The third kappa shape index (κ3) is 13.1. The van der Waals surface area contributed by atoms with Crippen LogP contribution in [0.15, 0.2) is 48.8 Å². The Kier molecular flexibility index (Phi) is 20.3. The van der Waals surface area contributed by atoms with Crippen LogP contribution in [0.1, 0.15) is 131 Å². The first-order valence-electron chi connectivity index (χ1n) is 28.4. The van der Waals surface area contributed by atoms with Crippen molar-refractivity contribution in [2.24, 2.45) is 29.6 Å². The summed E-state index contributed by atoms with van der Waals surface area (Å²) in [6.45, 7) is 22.0. The van der Waals surface area contributed by atoms with E-state index in [2.05, 4.69) is 22.6 Å². The van der Waals surface area contributed by atoms with E-state index >= 15 is 4.39 Å². The Balaban J connectivity index is 1.14. The van der Waals surface area contributed by atoms with Crippen molar-refractivity contribution in [1.82, 2.24) is 25.2 Å². The standard InChI is InChI=1S/C59H89FN6O14/c1-17-46-59(12)52(61-56(70)80-59)35(5)48(67)32(2)27-58(11,74-16)53(36(6)50(37(7)54(69)77-46)78-47-28-57(10,73-15)38(8)39(9)76-47)79-55-49(68)44(26-34(4)75-55)64(13)25-24-43-31-65(63-62-43)45(29-60)51(72-14)41-22-20-40(21-23-41)42-19-18-33(3)66(71)30-42/h18-23,30-32,34-39,44-47,49-53,55,68H,17,24-29H2,1-16H3,(H-,61,70,71)/p+1/t32-,34-,35+,36+,37-,38+,39+,44+,45-,46-,47+,49-,50+,51-,52-,53-,55+,57-,58-,59-/m1/s1. The molecule has 2 aromatic heterocycles. The molecule has 0 spiro atoms. The molecule has 4 aliphatic heterocycles. The van der Waals surface area contributed by atoms with E-state index in [-0.39, 0.29) is 30.6 Å². The third-order valence-electron chi connectivity index (χ3n) is 18.5. The van der Waals surface area contributed by atoms with Gasteiger partial charge in [-0.05, 0) is 85.0 Å². The highest BCUT2D eigenvalue weighted by atomic mass is 19.1. The average Bonchev–Trinajstić information content (AvgIpc) is 4.20. The molecule has 20 atom stereocenters. The number of esters is 1. The van der Waals surface area contributed by atoms with Gasteiger partial charge < -0.3 is 58.0 Å². The molecule has 4 fully saturated rings. The minimum absolute atomic E-state index is 0.000317. The predicted molar refractivity (Wildman–Crippen MR) is 291 cm³/mol. The highest BCUT2D eigenvalue weighted by molar-refractivity contribution is 5.85. The first-order valence-corrected chi connectivity index (χ1v) is 28.4. The first kappa shape index (κ1) is 62.9. The molecule has 7 rings (SSSR count). The van der Waals surface area contributed by atoms with Gasteiger partial charge in [-0.15, -0.1) is 5.10 Å². The van der Waals surface area contributed by atoms with Gasteiger partial charge in [0.2, 0.25) is 11.9 Å². The fourth-order valence-corrected chi connectivity index (χ4v) is 12.9. The number of hydrogen-bond donors (Lipinski definition) is 3. The molecule has 20 nitrogen and oxygen atoms in total. The van der Waals surface area contributed by atoms with Crippen LogP contribution >= 0.6 is 0 Å². The van der Waals surface area contributed by atoms with Crippen LogP contribution in [0.2, 0.25) is 0 Å². The van der Waals surface area contributed by atoms with Gasteiger partial charge in [0.15, 0.2) is 18.2 Å². The van der Waals surface area contributed by atoms with Crippen molar-refractivity contribution >= 4 is 17.8 Å². The molecule has 0 aliphatic carbocycles. The van der Waals surface area contributed by atoms with Gasteiger partial charge in [-0.1, -0.05) is 64.1 Å². The Bertz CT molecular complexity index is 2580. The molecule has 6 heterocycles. The van der Waals surface area contributed by atoms with Gasteiger partial charge in [-0.3, -0.25) is 14.8 Å². The van der Waals surface area contributed by atoms with Gasteiger partial charge >= 0.3 is 12.1 Å². The van der Waals surface area contributed by atoms with E-state index in [0.29, 0.717) is 37.2 Å². The van der Waals surface area contributed by atoms with Crippen LogP contribution in [0.4, 0.5) is 9.18 Å². The number of halogens is 1. The summed E-state index contributed by atoms with van der Waals surface area (Å²) in [7, 11) is 6.63. The fraction of sp³-hybridized carbons (Fsp3) is 0.729. The molecule has 4 aliphatic rings. The summed E-state index contributed by atoms with van der Waals surface area (Å²) < 4.78 is 75.6. The predicted octanol–water partition coefficient (Wildman–Crippen LogP) is 7.07. The number of amides is 1. The number of nitrogens with zero attached hydrogens (tertiary/aromatic N) is 5. The molecule has 0 saturated carbocycles. The molecule has 446 valence electrons. The smallest absolute Gasteiger partial charge is 0.408 e. The number of Topliss-reactive ketones (excluding diaryl/α,β-unsaturated/α-hetero) is 1. The van der Waals surface area contributed by atoms with Gasteiger partial charge in [0.25, 0.3) is 0 Å². The van der Waals surface area contributed by atoms with Crippen molar-refractivity contribution in [3.05, 3.63) is 65.7 Å². The number of rotatable bonds is 17. The zero-order valence-electron chi connectivity index (χ0n) is 49.8. The number of hydrogen-bond acceptors (Lipinski definition) is 17. The van der Waals surface area contributed by atoms with Gasteiger partial charge in [0.05, 0.1) is 58.8 Å². The molecule has 3 aromatic rings. The van der Waals surface area contributed by atoms with E-state index in [1.807, 2.05) is 96.8 Å². The highest BCUT2D eigenvalue weighted by Gasteiger charge is 2.58. The summed E-state index contributed by atoms with van der Waals surface area (Å²) >= 11 is 0. The average molecular weight is 1130 g/mol. The number of pyridine rings is 1. The fourth-order valence-electron chi connectivity index (χ4n) is 12.9. The van der Waals surface area contributed by atoms with Crippen molar-refractivity contribution in [3.8, 4) is 11.1 Å². The number of likely N-dealkylation sites (N-methyl/N-ethyl adjacent to an activating group) is 1. The summed E-state index contributed by atoms with van der Waals surface area (Å²) in [6, 6.07) is 9.13. The number of methoxy groups -OCH3 is 3. The normalized spacial score (nSPS) is 37.3. The number of carbonyl (C=O) groups excluding carboxylic acids is 3. The van der Waals surface area contributed by atoms with Crippen molar-refractivity contribution in [1.29, 1.82) is 0 Å². The van der Waals surface area contributed by atoms with Crippen molar-refractivity contribution in [2.75, 3.05) is 41.6 Å². The van der Waals surface area contributed by atoms with Crippen LogP contribution < -0.4 is 10.0 Å². The zero-order chi connectivity index (χ0) is 58.8. The molecule has 1 aromatic carbocycles. The van der Waals surface area contributed by atoms with Gasteiger partial charge in [-0.25, -0.2) is 13.9 Å². The Labute approximate surface area is 471 Å². The second-order valence-electron chi connectivity index (χ2n) is 23.9. The Hall–Kier alpha value is -4.71. The van der Waals surface area contributed by atoms with Crippen LogP contribution in [0.25, 0.3) is 11.1 Å². The van der Waals surface area contributed by atoms with E-state index in [0.717, 1.165) is 21.4 Å². The van der Waals surface area contributed by atoms with E-state index in [4.69, 9.17) is 42.6 Å². The number of ketones is 1. The number of nitrogens with one attached hydrogen (secondary N) is 1. The lowest BCUT2D eigenvalue weighted by Crippen LogP contribution is -2.61. The number of benzene rings is 1. The number of alkyl halides is 1. The molecule has 3 N–H and O–H groups in total. The summed E-state index contributed by atoms with van der Waals surface area (Å²) in [5.41, 5.74) is 0.400. The molecular weight excluding hydrogens is 1040 g/mol. The quantitative estimate of drug-likeness (QED) is 0.0698. The molecule has 0 unspecified atom stereocenters. The third-order valence-corrected chi connectivity index (χ3v) is 18.5. The number of aromatic nitrogens is 4. The van der Waals surface area contributed by atoms with E-state index in [1.165, 1.54) is 11.8 Å². The SMILES string of the molecule is CC[C@H]1OC(=O)[C@H](C)[C@@H](O[C@H]2C[C@@](C)(OC)[C@@H](C)[C@H](C)O2)[C@H](C)[C@@H](O[C@@H]2O[C@H](C)C[C@H](N(C)CCc3cn([C@H](CF)[C@H](OC)c4ccc(-c5ccc(C)[n+](O)c5)cc4)nn3)[C@H]2O)[C@](C)(OC)C[C@@H](C)C(=O)[C@H](C)[C@H]2NC(=O)O[C@@]21C. The zero-order valence-corrected chi connectivity index (χ0v) is 49.8. The number of cyclic esters (lactones) is 1. The number of fused-ring (bicyclic) bond motifs is 1. The summed E-state index contributed by atoms with van der Waals surface area (Å²) in [6.07, 6.45) is -3.38. The van der Waals surface area contributed by atoms with Gasteiger partial charge in [0, 0.05) is 94.3 Å². The highest BCUT2D eigenvalue weighted by Crippen LogP contribution is 2.44. The van der Waals surface area contributed by atoms with Crippen LogP contribution in [0.5, 0.6) is 0 Å². The number of aliphatic hydroxyl groups excluding tert-OH is 1. The van der Waals surface area contributed by atoms with Gasteiger partial charge in [0.1, 0.15) is 36.8 Å². The molecule has 0 radical (unpaired) electrons. The topological polar surface area (TPSA) is 225 Å². The Morgan fingerprint density at radius 2 is 1.60 bits per heavy atom. The molecular formula is C59H90FN6O14+. The molecule has 4 saturated heterocycles. The van der Waals surface area contributed by atoms with Crippen LogP contribution in [0.3, 0.4) is 0 Å².